The molecule has 3 rings (SSSR count). The second kappa shape index (κ2) is 8.69. The lowest BCUT2D eigenvalue weighted by Crippen LogP contribution is -2.27. The van der Waals surface area contributed by atoms with Gasteiger partial charge in [0, 0.05) is 11.6 Å². The number of amides is 1. The fourth-order valence-corrected chi connectivity index (χ4v) is 2.66. The van der Waals surface area contributed by atoms with E-state index >= 15 is 0 Å². The zero-order chi connectivity index (χ0) is 18.4. The van der Waals surface area contributed by atoms with E-state index in [1.165, 1.54) is 0 Å². The van der Waals surface area contributed by atoms with Crippen molar-refractivity contribution < 1.29 is 23.8 Å². The van der Waals surface area contributed by atoms with Crippen molar-refractivity contribution in [3.8, 4) is 11.5 Å². The lowest BCUT2D eigenvalue weighted by molar-refractivity contribution is -0.156. The Morgan fingerprint density at radius 2 is 2.00 bits per heavy atom. The van der Waals surface area contributed by atoms with Crippen LogP contribution in [0.25, 0.3) is 0 Å². The van der Waals surface area contributed by atoms with E-state index in [4.69, 9.17) is 25.8 Å². The summed E-state index contributed by atoms with van der Waals surface area (Å²) < 4.78 is 16.0. The molecule has 0 aliphatic carbocycles. The largest absolute Gasteiger partial charge is 0.455 e. The predicted molar refractivity (Wildman–Crippen MR) is 96.5 cm³/mol. The number of hydrogen-bond acceptors (Lipinski definition) is 5. The highest BCUT2D eigenvalue weighted by atomic mass is 35.5. The molecule has 0 unspecified atom stereocenters. The summed E-state index contributed by atoms with van der Waals surface area (Å²) in [6.07, 6.45) is 0.851. The number of benzene rings is 2. The molecular formula is C19H18ClNO5. The van der Waals surface area contributed by atoms with Gasteiger partial charge in [-0.15, -0.1) is 0 Å². The molecule has 0 spiro atoms. The average Bonchev–Trinajstić information content (AvgIpc) is 3.18. The Labute approximate surface area is 156 Å². The first-order valence-corrected chi connectivity index (χ1v) is 8.60. The van der Waals surface area contributed by atoms with E-state index in [0.29, 0.717) is 35.2 Å². The third kappa shape index (κ3) is 4.97. The topological polar surface area (TPSA) is 73.9 Å². The van der Waals surface area contributed by atoms with Gasteiger partial charge in [-0.05, 0) is 43.2 Å². The fraction of sp³-hybridized carbons (Fsp3) is 0.263. The summed E-state index contributed by atoms with van der Waals surface area (Å²) in [7, 11) is 0. The van der Waals surface area contributed by atoms with E-state index in [1.807, 2.05) is 18.2 Å². The number of carbonyl (C=O) groups is 2. The molecule has 1 N–H and O–H groups in total. The molecule has 0 aromatic heterocycles. The number of anilines is 1. The molecule has 6 nitrogen and oxygen atoms in total. The van der Waals surface area contributed by atoms with Gasteiger partial charge < -0.3 is 19.5 Å². The summed E-state index contributed by atoms with van der Waals surface area (Å²) in [5, 5.41) is 3.09. The van der Waals surface area contributed by atoms with Crippen LogP contribution in [0.5, 0.6) is 11.5 Å². The van der Waals surface area contributed by atoms with Crippen molar-refractivity contribution in [1.29, 1.82) is 0 Å². The van der Waals surface area contributed by atoms with Gasteiger partial charge in [0.25, 0.3) is 5.91 Å². The first-order chi connectivity index (χ1) is 12.6. The second-order valence-corrected chi connectivity index (χ2v) is 6.15. The molecule has 2 aromatic carbocycles. The van der Waals surface area contributed by atoms with Gasteiger partial charge >= 0.3 is 5.97 Å². The van der Waals surface area contributed by atoms with Crippen LogP contribution in [0, 0.1) is 0 Å². The maximum Gasteiger partial charge on any atom is 0.335 e. The van der Waals surface area contributed by atoms with Crippen molar-refractivity contribution >= 4 is 29.2 Å². The Bertz CT molecular complexity index is 775. The molecule has 1 aliphatic rings. The molecule has 1 atom stereocenters. The van der Waals surface area contributed by atoms with E-state index in [0.717, 1.165) is 6.42 Å². The number of ether oxygens (including phenoxy) is 3. The zero-order valence-electron chi connectivity index (χ0n) is 13.9. The van der Waals surface area contributed by atoms with E-state index in [9.17, 15) is 9.59 Å². The minimum atomic E-state index is -0.578. The normalized spacial score (nSPS) is 16.1. The first-order valence-electron chi connectivity index (χ1n) is 8.22. The lowest BCUT2D eigenvalue weighted by atomic mass is 10.2. The lowest BCUT2D eigenvalue weighted by Gasteiger charge is -2.13. The van der Waals surface area contributed by atoms with Gasteiger partial charge in [0.05, 0.1) is 5.69 Å². The van der Waals surface area contributed by atoms with Gasteiger partial charge in [0.1, 0.15) is 5.75 Å². The molecule has 1 amide bonds. The highest BCUT2D eigenvalue weighted by Crippen LogP contribution is 2.32. The van der Waals surface area contributed by atoms with Crippen LogP contribution in [0.4, 0.5) is 5.69 Å². The molecule has 0 bridgehead atoms. The number of carbonyl (C=O) groups excluding carboxylic acids is 2. The van der Waals surface area contributed by atoms with E-state index in [2.05, 4.69) is 5.32 Å². The molecule has 1 heterocycles. The maximum absolute atomic E-state index is 12.1. The van der Waals surface area contributed by atoms with Crippen LogP contribution in [-0.2, 0) is 19.1 Å². The van der Waals surface area contributed by atoms with Crippen LogP contribution < -0.4 is 10.1 Å². The van der Waals surface area contributed by atoms with Crippen molar-refractivity contribution in [3.05, 3.63) is 53.6 Å². The van der Waals surface area contributed by atoms with E-state index < -0.39 is 24.6 Å². The first kappa shape index (κ1) is 18.2. The SMILES string of the molecule is O=C(COC(=O)[C@H]1CCCO1)Nc1cc(Cl)ccc1Oc1ccccc1. The van der Waals surface area contributed by atoms with Crippen LogP contribution in [0.15, 0.2) is 48.5 Å². The monoisotopic (exact) mass is 375 g/mol. The summed E-state index contributed by atoms with van der Waals surface area (Å²) >= 11 is 6.01. The molecular weight excluding hydrogens is 358 g/mol. The van der Waals surface area contributed by atoms with Crippen molar-refractivity contribution in [3.63, 3.8) is 0 Å². The molecule has 1 saturated heterocycles. The third-order valence-corrected chi connectivity index (χ3v) is 3.96. The minimum absolute atomic E-state index is 0.388. The Morgan fingerprint density at radius 1 is 1.19 bits per heavy atom. The number of nitrogens with one attached hydrogen (secondary N) is 1. The molecule has 0 radical (unpaired) electrons. The number of esters is 1. The zero-order valence-corrected chi connectivity index (χ0v) is 14.7. The summed E-state index contributed by atoms with van der Waals surface area (Å²) in [6, 6.07) is 14.0. The Kier molecular flexibility index (Phi) is 6.09. The van der Waals surface area contributed by atoms with Gasteiger partial charge in [-0.3, -0.25) is 4.79 Å². The van der Waals surface area contributed by atoms with Gasteiger partial charge in [-0.25, -0.2) is 4.79 Å². The third-order valence-electron chi connectivity index (χ3n) is 3.72. The summed E-state index contributed by atoms with van der Waals surface area (Å²) in [5.74, 6) is 0.0376. The molecule has 7 heteroatoms. The van der Waals surface area contributed by atoms with Crippen LogP contribution in [-0.4, -0.2) is 31.2 Å². The number of hydrogen-bond donors (Lipinski definition) is 1. The summed E-state index contributed by atoms with van der Waals surface area (Å²) in [5.41, 5.74) is 0.388. The number of halogens is 1. The average molecular weight is 376 g/mol. The fourth-order valence-electron chi connectivity index (χ4n) is 2.48. The number of para-hydroxylation sites is 1. The summed E-state index contributed by atoms with van der Waals surface area (Å²) in [4.78, 5) is 23.9. The van der Waals surface area contributed by atoms with Crippen molar-refractivity contribution in [2.75, 3.05) is 18.5 Å². The van der Waals surface area contributed by atoms with Gasteiger partial charge in [0.2, 0.25) is 0 Å². The maximum atomic E-state index is 12.1. The Hall–Kier alpha value is -2.57. The quantitative estimate of drug-likeness (QED) is 0.777. The molecule has 26 heavy (non-hydrogen) atoms. The molecule has 2 aromatic rings. The van der Waals surface area contributed by atoms with Crippen LogP contribution in [0.2, 0.25) is 5.02 Å². The van der Waals surface area contributed by atoms with E-state index in [1.54, 1.807) is 30.3 Å². The molecule has 0 saturated carbocycles. The minimum Gasteiger partial charge on any atom is -0.455 e. The standard InChI is InChI=1S/C19H18ClNO5/c20-13-8-9-16(26-14-5-2-1-3-6-14)15(11-13)21-18(22)12-25-19(23)17-7-4-10-24-17/h1-3,5-6,8-9,11,17H,4,7,10,12H2,(H,21,22)/t17-/m1/s1. The Balaban J connectivity index is 1.61. The van der Waals surface area contributed by atoms with Crippen LogP contribution in [0.1, 0.15) is 12.8 Å². The van der Waals surface area contributed by atoms with E-state index in [-0.39, 0.29) is 0 Å². The molecule has 1 aliphatic heterocycles. The Morgan fingerprint density at radius 3 is 2.73 bits per heavy atom. The van der Waals surface area contributed by atoms with Crippen molar-refractivity contribution in [2.45, 2.75) is 18.9 Å². The predicted octanol–water partition coefficient (Wildman–Crippen LogP) is 3.79. The smallest absolute Gasteiger partial charge is 0.335 e. The van der Waals surface area contributed by atoms with Gasteiger partial charge in [-0.2, -0.15) is 0 Å². The second-order valence-electron chi connectivity index (χ2n) is 5.71. The summed E-state index contributed by atoms with van der Waals surface area (Å²) in [6.45, 7) is 0.130. The van der Waals surface area contributed by atoms with Gasteiger partial charge in [-0.1, -0.05) is 29.8 Å². The highest BCUT2D eigenvalue weighted by molar-refractivity contribution is 6.31. The van der Waals surface area contributed by atoms with Gasteiger partial charge in [0.15, 0.2) is 18.5 Å². The molecule has 136 valence electrons. The van der Waals surface area contributed by atoms with Crippen molar-refractivity contribution in [2.24, 2.45) is 0 Å². The number of rotatable bonds is 6. The molecule has 1 fully saturated rings. The van der Waals surface area contributed by atoms with Crippen LogP contribution >= 0.6 is 11.6 Å². The van der Waals surface area contributed by atoms with Crippen LogP contribution in [0.3, 0.4) is 0 Å². The van der Waals surface area contributed by atoms with Crippen molar-refractivity contribution in [1.82, 2.24) is 0 Å². The highest BCUT2D eigenvalue weighted by Gasteiger charge is 2.25.